The minimum absolute atomic E-state index is 0.147. The monoisotopic (exact) mass is 394 g/mol. The van der Waals surface area contributed by atoms with E-state index >= 15 is 0 Å². The minimum Gasteiger partial charge on any atom is -0.491 e. The first-order chi connectivity index (χ1) is 13.7. The van der Waals surface area contributed by atoms with Crippen molar-refractivity contribution in [1.82, 2.24) is 4.98 Å². The van der Waals surface area contributed by atoms with Gasteiger partial charge in [0.1, 0.15) is 12.4 Å². The van der Waals surface area contributed by atoms with Crippen molar-refractivity contribution >= 4 is 22.4 Å². The number of anilines is 1. The molecule has 3 aromatic rings. The van der Waals surface area contributed by atoms with Crippen molar-refractivity contribution in [2.24, 2.45) is 0 Å². The molecule has 1 aromatic heterocycles. The Balaban J connectivity index is 1.82. The molecule has 6 heteroatoms. The third-order valence-electron chi connectivity index (χ3n) is 3.99. The van der Waals surface area contributed by atoms with Crippen LogP contribution in [-0.4, -0.2) is 37.8 Å². The van der Waals surface area contributed by atoms with Crippen LogP contribution < -0.4 is 9.64 Å². The second kappa shape index (κ2) is 9.82. The van der Waals surface area contributed by atoms with Gasteiger partial charge in [0, 0.05) is 30.2 Å². The maximum atomic E-state index is 13.1. The van der Waals surface area contributed by atoms with Crippen molar-refractivity contribution in [2.45, 2.75) is 0 Å². The number of carbonyl (C=O) groups is 1. The van der Waals surface area contributed by atoms with Crippen molar-refractivity contribution in [2.75, 3.05) is 31.8 Å². The zero-order valence-corrected chi connectivity index (χ0v) is 16.5. The molecule has 28 heavy (non-hydrogen) atoms. The maximum absolute atomic E-state index is 13.1. The molecule has 0 fully saturated rings. The first kappa shape index (κ1) is 19.8. The molecule has 0 radical (unpaired) electrons. The molecule has 0 N–H and O–H groups in total. The van der Waals surface area contributed by atoms with Gasteiger partial charge in [0.05, 0.1) is 12.3 Å². The second-order valence-corrected chi connectivity index (χ2v) is 6.79. The van der Waals surface area contributed by atoms with Crippen LogP contribution in [-0.2, 0) is 4.74 Å². The van der Waals surface area contributed by atoms with E-state index in [0.29, 0.717) is 36.2 Å². The van der Waals surface area contributed by atoms with E-state index in [9.17, 15) is 4.79 Å². The normalized spacial score (nSPS) is 10.5. The Kier molecular flexibility index (Phi) is 6.94. The lowest BCUT2D eigenvalue weighted by Gasteiger charge is -2.18. The molecule has 0 aliphatic heterocycles. The molecule has 0 unspecified atom stereocenters. The Morgan fingerprint density at radius 1 is 1.18 bits per heavy atom. The molecule has 5 nitrogen and oxygen atoms in total. The molecule has 0 saturated heterocycles. The molecule has 3 rings (SSSR count). The topological polar surface area (TPSA) is 51.7 Å². The van der Waals surface area contributed by atoms with Crippen LogP contribution >= 0.6 is 11.3 Å². The summed E-state index contributed by atoms with van der Waals surface area (Å²) in [4.78, 5) is 19.4. The molecule has 1 heterocycles. The lowest BCUT2D eigenvalue weighted by molar-refractivity contribution is 0.0989. The summed E-state index contributed by atoms with van der Waals surface area (Å²) in [5.74, 6) is 0.483. The summed E-state index contributed by atoms with van der Waals surface area (Å²) in [6.45, 7) is 5.07. The van der Waals surface area contributed by atoms with Gasteiger partial charge in [-0.15, -0.1) is 17.9 Å². The number of nitrogens with zero attached hydrogens (tertiary/aromatic N) is 2. The molecule has 0 bridgehead atoms. The number of ether oxygens (including phenoxy) is 2. The van der Waals surface area contributed by atoms with E-state index < -0.39 is 0 Å². The molecule has 144 valence electrons. The minimum atomic E-state index is -0.147. The summed E-state index contributed by atoms with van der Waals surface area (Å²) >= 11 is 1.43. The molecular weight excluding hydrogens is 372 g/mol. The van der Waals surface area contributed by atoms with Crippen LogP contribution in [0.15, 0.2) is 72.6 Å². The van der Waals surface area contributed by atoms with Crippen molar-refractivity contribution in [1.29, 1.82) is 0 Å². The zero-order chi connectivity index (χ0) is 19.8. The molecule has 2 aromatic carbocycles. The lowest BCUT2D eigenvalue weighted by Crippen LogP contribution is -2.31. The van der Waals surface area contributed by atoms with E-state index in [1.165, 1.54) is 11.3 Å². The Labute approximate surface area is 168 Å². The quantitative estimate of drug-likeness (QED) is 0.391. The smallest absolute Gasteiger partial charge is 0.260 e. The van der Waals surface area contributed by atoms with E-state index in [1.54, 1.807) is 36.3 Å². The third-order valence-corrected chi connectivity index (χ3v) is 4.85. The van der Waals surface area contributed by atoms with Crippen LogP contribution in [0.25, 0.3) is 11.3 Å². The van der Waals surface area contributed by atoms with E-state index in [1.807, 2.05) is 41.8 Å². The van der Waals surface area contributed by atoms with E-state index in [-0.39, 0.29) is 5.91 Å². The summed E-state index contributed by atoms with van der Waals surface area (Å²) in [5.41, 5.74) is 2.40. The average molecular weight is 394 g/mol. The molecule has 0 saturated carbocycles. The Hall–Kier alpha value is -2.96. The number of carbonyl (C=O) groups excluding carboxylic acids is 1. The van der Waals surface area contributed by atoms with Crippen LogP contribution in [0.1, 0.15) is 10.4 Å². The number of aromatic nitrogens is 1. The van der Waals surface area contributed by atoms with Gasteiger partial charge in [-0.2, -0.15) is 0 Å². The van der Waals surface area contributed by atoms with Gasteiger partial charge in [-0.3, -0.25) is 9.69 Å². The maximum Gasteiger partial charge on any atom is 0.260 e. The van der Waals surface area contributed by atoms with Gasteiger partial charge >= 0.3 is 0 Å². The van der Waals surface area contributed by atoms with Crippen molar-refractivity contribution in [3.05, 3.63) is 78.2 Å². The van der Waals surface area contributed by atoms with Crippen molar-refractivity contribution in [3.63, 3.8) is 0 Å². The first-order valence-corrected chi connectivity index (χ1v) is 9.76. The summed E-state index contributed by atoms with van der Waals surface area (Å²) < 4.78 is 10.6. The Morgan fingerprint density at radius 2 is 2.00 bits per heavy atom. The number of thiazole rings is 1. The Bertz CT molecular complexity index is 924. The number of rotatable bonds is 9. The number of hydrogen-bond acceptors (Lipinski definition) is 5. The van der Waals surface area contributed by atoms with Crippen molar-refractivity contribution in [3.8, 4) is 17.0 Å². The van der Waals surface area contributed by atoms with Gasteiger partial charge in [0.2, 0.25) is 0 Å². The first-order valence-electron chi connectivity index (χ1n) is 8.88. The lowest BCUT2D eigenvalue weighted by atomic mass is 10.2. The highest BCUT2D eigenvalue weighted by atomic mass is 32.1. The van der Waals surface area contributed by atoms with Crippen LogP contribution in [0, 0.1) is 0 Å². The SMILES string of the molecule is C=CCN(C(=O)c1cccc(OCCOC)c1)c1nc(-c2ccccc2)cs1. The summed E-state index contributed by atoms with van der Waals surface area (Å²) in [6.07, 6.45) is 1.69. The number of methoxy groups -OCH3 is 1. The average Bonchev–Trinajstić information content (AvgIpc) is 3.22. The van der Waals surface area contributed by atoms with Gasteiger partial charge < -0.3 is 9.47 Å². The standard InChI is InChI=1S/C22H22N2O3S/c1-3-12-24(22-23-20(16-28-22)17-8-5-4-6-9-17)21(25)18-10-7-11-19(15-18)27-14-13-26-2/h3-11,15-16H,1,12-14H2,2H3. The molecule has 0 atom stereocenters. The van der Waals surface area contributed by atoms with Gasteiger partial charge in [0.25, 0.3) is 5.91 Å². The van der Waals surface area contributed by atoms with Crippen LogP contribution in [0.5, 0.6) is 5.75 Å². The van der Waals surface area contributed by atoms with E-state index in [0.717, 1.165) is 11.3 Å². The number of benzene rings is 2. The predicted molar refractivity (Wildman–Crippen MR) is 113 cm³/mol. The van der Waals surface area contributed by atoms with E-state index in [4.69, 9.17) is 9.47 Å². The summed E-state index contributed by atoms with van der Waals surface area (Å²) in [5, 5.41) is 2.59. The molecule has 0 aliphatic rings. The Morgan fingerprint density at radius 3 is 2.75 bits per heavy atom. The van der Waals surface area contributed by atoms with Crippen LogP contribution in [0.4, 0.5) is 5.13 Å². The molecule has 1 amide bonds. The van der Waals surface area contributed by atoms with Gasteiger partial charge in [-0.1, -0.05) is 42.5 Å². The fourth-order valence-electron chi connectivity index (χ4n) is 2.62. The molecule has 0 aliphatic carbocycles. The zero-order valence-electron chi connectivity index (χ0n) is 15.7. The fraction of sp³-hybridized carbons (Fsp3) is 0.182. The highest BCUT2D eigenvalue weighted by Gasteiger charge is 2.20. The number of amides is 1. The van der Waals surface area contributed by atoms with Crippen LogP contribution in [0.2, 0.25) is 0 Å². The highest BCUT2D eigenvalue weighted by Crippen LogP contribution is 2.28. The second-order valence-electron chi connectivity index (χ2n) is 5.95. The third kappa shape index (κ3) is 4.85. The molecule has 0 spiro atoms. The summed E-state index contributed by atoms with van der Waals surface area (Å²) in [7, 11) is 1.62. The molecular formula is C22H22N2O3S. The number of hydrogen-bond donors (Lipinski definition) is 0. The summed E-state index contributed by atoms with van der Waals surface area (Å²) in [6, 6.07) is 17.0. The largest absolute Gasteiger partial charge is 0.491 e. The van der Waals surface area contributed by atoms with Gasteiger partial charge in [-0.25, -0.2) is 4.98 Å². The van der Waals surface area contributed by atoms with E-state index in [2.05, 4.69) is 11.6 Å². The van der Waals surface area contributed by atoms with Gasteiger partial charge in [-0.05, 0) is 18.2 Å². The van der Waals surface area contributed by atoms with Crippen molar-refractivity contribution < 1.29 is 14.3 Å². The predicted octanol–water partition coefficient (Wildman–Crippen LogP) is 4.67. The fourth-order valence-corrected chi connectivity index (χ4v) is 3.47. The van der Waals surface area contributed by atoms with Gasteiger partial charge in [0.15, 0.2) is 5.13 Å². The van der Waals surface area contributed by atoms with Crippen LogP contribution in [0.3, 0.4) is 0 Å². The highest BCUT2D eigenvalue weighted by molar-refractivity contribution is 7.14.